The van der Waals surface area contributed by atoms with Gasteiger partial charge in [-0.3, -0.25) is 4.79 Å². The Kier molecular flexibility index (Phi) is 5.89. The lowest BCUT2D eigenvalue weighted by Gasteiger charge is -2.05. The van der Waals surface area contributed by atoms with Gasteiger partial charge >= 0.3 is 0 Å². The van der Waals surface area contributed by atoms with Crippen LogP contribution in [0.3, 0.4) is 0 Å². The number of aromatic nitrogens is 1. The Balaban J connectivity index is 1.47. The quantitative estimate of drug-likeness (QED) is 0.593. The Morgan fingerprint density at radius 2 is 2.21 bits per heavy atom. The van der Waals surface area contributed by atoms with E-state index in [-0.39, 0.29) is 10.9 Å². The third-order valence-corrected chi connectivity index (χ3v) is 6.16. The number of rotatable bonds is 6. The second-order valence-electron chi connectivity index (χ2n) is 4.79. The molecule has 0 unspecified atom stereocenters. The third-order valence-electron chi connectivity index (χ3n) is 2.97. The van der Waals surface area contributed by atoms with Crippen molar-refractivity contribution in [1.29, 1.82) is 0 Å². The van der Waals surface area contributed by atoms with Gasteiger partial charge in [0.15, 0.2) is 0 Å². The van der Waals surface area contributed by atoms with Crippen LogP contribution in [0.4, 0.5) is 10.1 Å². The summed E-state index contributed by atoms with van der Waals surface area (Å²) in [6, 6.07) is 8.15. The lowest BCUT2D eigenvalue weighted by Crippen LogP contribution is -2.14. The fourth-order valence-corrected chi connectivity index (χ4v) is 4.54. The molecule has 3 aromatic rings. The predicted molar refractivity (Wildman–Crippen MR) is 102 cm³/mol. The summed E-state index contributed by atoms with van der Waals surface area (Å²) in [4.78, 5) is 17.6. The van der Waals surface area contributed by atoms with Crippen molar-refractivity contribution in [2.75, 3.05) is 11.1 Å². The normalized spacial score (nSPS) is 10.8. The fraction of sp³-hybridized carbons (Fsp3) is 0.125. The summed E-state index contributed by atoms with van der Waals surface area (Å²) in [6.45, 7) is 0. The molecule has 124 valence electrons. The minimum atomic E-state index is -0.505. The number of benzene rings is 1. The number of halogens is 2. The van der Waals surface area contributed by atoms with E-state index in [1.54, 1.807) is 22.7 Å². The van der Waals surface area contributed by atoms with Crippen LogP contribution in [0.2, 0.25) is 5.02 Å². The number of anilines is 1. The summed E-state index contributed by atoms with van der Waals surface area (Å²) in [7, 11) is 0. The van der Waals surface area contributed by atoms with Crippen LogP contribution in [0.15, 0.2) is 41.1 Å². The van der Waals surface area contributed by atoms with Crippen molar-refractivity contribution in [3.63, 3.8) is 0 Å². The number of thioether (sulfide) groups is 1. The Morgan fingerprint density at radius 3 is 2.96 bits per heavy atom. The van der Waals surface area contributed by atoms with Gasteiger partial charge in [-0.2, -0.15) is 0 Å². The first-order chi connectivity index (χ1) is 11.6. The highest BCUT2D eigenvalue weighted by atomic mass is 35.5. The van der Waals surface area contributed by atoms with Crippen LogP contribution in [0.1, 0.15) is 5.69 Å². The number of hydrogen-bond donors (Lipinski definition) is 1. The SMILES string of the molecule is O=C(CSCc1csc(-c2cccs2)n1)Nc1ccc(F)c(Cl)c1. The standard InChI is InChI=1S/C16H12ClFN2OS3/c17-12-6-10(3-4-13(12)18)19-15(21)9-22-7-11-8-24-16(20-11)14-2-1-5-23-14/h1-6,8H,7,9H2,(H,19,21). The van der Waals surface area contributed by atoms with E-state index in [0.29, 0.717) is 17.2 Å². The largest absolute Gasteiger partial charge is 0.325 e. The average molecular weight is 399 g/mol. The molecule has 24 heavy (non-hydrogen) atoms. The van der Waals surface area contributed by atoms with E-state index >= 15 is 0 Å². The zero-order valence-corrected chi connectivity index (χ0v) is 15.5. The van der Waals surface area contributed by atoms with Crippen LogP contribution >= 0.6 is 46.0 Å². The second-order valence-corrected chi connectivity index (χ2v) is 7.99. The first-order valence-corrected chi connectivity index (χ1v) is 10.2. The molecule has 1 amide bonds. The molecule has 0 aliphatic carbocycles. The highest BCUT2D eigenvalue weighted by molar-refractivity contribution is 7.99. The lowest BCUT2D eigenvalue weighted by atomic mass is 10.3. The molecular formula is C16H12ClFN2OS3. The second kappa shape index (κ2) is 8.11. The molecule has 0 atom stereocenters. The van der Waals surface area contributed by atoms with E-state index in [2.05, 4.69) is 10.3 Å². The number of carbonyl (C=O) groups excluding carboxylic acids is 1. The molecule has 0 radical (unpaired) electrons. The van der Waals surface area contributed by atoms with Gasteiger partial charge in [0, 0.05) is 16.8 Å². The highest BCUT2D eigenvalue weighted by Crippen LogP contribution is 2.29. The molecule has 0 fully saturated rings. The molecule has 0 aliphatic heterocycles. The van der Waals surface area contributed by atoms with Crippen molar-refractivity contribution >= 4 is 57.6 Å². The maximum atomic E-state index is 13.1. The minimum Gasteiger partial charge on any atom is -0.325 e. The number of amides is 1. The molecule has 0 spiro atoms. The average Bonchev–Trinajstić information content (AvgIpc) is 3.22. The van der Waals surface area contributed by atoms with Crippen LogP contribution in [0.25, 0.3) is 9.88 Å². The van der Waals surface area contributed by atoms with Crippen molar-refractivity contribution in [3.8, 4) is 9.88 Å². The minimum absolute atomic E-state index is 0.0102. The van der Waals surface area contributed by atoms with Gasteiger partial charge in [0.25, 0.3) is 0 Å². The molecule has 1 N–H and O–H groups in total. The highest BCUT2D eigenvalue weighted by Gasteiger charge is 2.08. The number of carbonyl (C=O) groups is 1. The number of thiophene rings is 1. The van der Waals surface area contributed by atoms with Gasteiger partial charge in [-0.15, -0.1) is 34.4 Å². The molecule has 8 heteroatoms. The summed E-state index contributed by atoms with van der Waals surface area (Å²) in [5.74, 6) is 0.297. The van der Waals surface area contributed by atoms with Crippen LogP contribution in [-0.4, -0.2) is 16.6 Å². The number of nitrogens with one attached hydrogen (secondary N) is 1. The number of thiazole rings is 1. The Morgan fingerprint density at radius 1 is 1.33 bits per heavy atom. The Bertz CT molecular complexity index is 836. The molecule has 1 aromatic carbocycles. The molecule has 0 aliphatic rings. The van der Waals surface area contributed by atoms with E-state index in [0.717, 1.165) is 15.6 Å². The molecular weight excluding hydrogens is 387 g/mol. The van der Waals surface area contributed by atoms with Gasteiger partial charge in [0.05, 0.1) is 21.3 Å². The van der Waals surface area contributed by atoms with Crippen molar-refractivity contribution in [2.24, 2.45) is 0 Å². The smallest absolute Gasteiger partial charge is 0.234 e. The van der Waals surface area contributed by atoms with Crippen molar-refractivity contribution in [2.45, 2.75) is 5.75 Å². The molecule has 3 rings (SSSR count). The van der Waals surface area contributed by atoms with Crippen molar-refractivity contribution in [3.05, 3.63) is 57.6 Å². The first kappa shape index (κ1) is 17.4. The van der Waals surface area contributed by atoms with Crippen molar-refractivity contribution in [1.82, 2.24) is 4.98 Å². The van der Waals surface area contributed by atoms with Gasteiger partial charge < -0.3 is 5.32 Å². The summed E-state index contributed by atoms with van der Waals surface area (Å²) in [5, 5.41) is 7.73. The van der Waals surface area contributed by atoms with Gasteiger partial charge in [-0.1, -0.05) is 17.7 Å². The van der Waals surface area contributed by atoms with E-state index in [4.69, 9.17) is 11.6 Å². The van der Waals surface area contributed by atoms with E-state index in [1.165, 1.54) is 30.0 Å². The van der Waals surface area contributed by atoms with E-state index < -0.39 is 5.82 Å². The molecule has 0 saturated heterocycles. The van der Waals surface area contributed by atoms with E-state index in [9.17, 15) is 9.18 Å². The first-order valence-electron chi connectivity index (χ1n) is 6.93. The zero-order valence-electron chi connectivity index (χ0n) is 12.3. The number of nitrogens with zero attached hydrogens (tertiary/aromatic N) is 1. The molecule has 2 heterocycles. The van der Waals surface area contributed by atoms with E-state index in [1.807, 2.05) is 22.9 Å². The third kappa shape index (κ3) is 4.57. The monoisotopic (exact) mass is 398 g/mol. The summed E-state index contributed by atoms with van der Waals surface area (Å²) in [6.07, 6.45) is 0. The number of hydrogen-bond acceptors (Lipinski definition) is 5. The molecule has 0 bridgehead atoms. The molecule has 3 nitrogen and oxygen atoms in total. The Hall–Kier alpha value is -1.41. The van der Waals surface area contributed by atoms with Gasteiger partial charge in [-0.25, -0.2) is 9.37 Å². The van der Waals surface area contributed by atoms with Crippen LogP contribution in [0.5, 0.6) is 0 Å². The van der Waals surface area contributed by atoms with Gasteiger partial charge in [-0.05, 0) is 29.6 Å². The summed E-state index contributed by atoms with van der Waals surface area (Å²) in [5.41, 5.74) is 1.45. The van der Waals surface area contributed by atoms with Crippen molar-refractivity contribution < 1.29 is 9.18 Å². The molecule has 0 saturated carbocycles. The predicted octanol–water partition coefficient (Wildman–Crippen LogP) is 5.54. The van der Waals surface area contributed by atoms with Crippen LogP contribution < -0.4 is 5.32 Å². The maximum Gasteiger partial charge on any atom is 0.234 e. The summed E-state index contributed by atoms with van der Waals surface area (Å²) >= 11 is 10.4. The fourth-order valence-electron chi connectivity index (χ4n) is 1.91. The van der Waals surface area contributed by atoms with Crippen LogP contribution in [-0.2, 0) is 10.5 Å². The zero-order chi connectivity index (χ0) is 16.9. The lowest BCUT2D eigenvalue weighted by molar-refractivity contribution is -0.113. The molecule has 2 aromatic heterocycles. The van der Waals surface area contributed by atoms with Gasteiger partial charge in [0.2, 0.25) is 5.91 Å². The van der Waals surface area contributed by atoms with Gasteiger partial charge in [0.1, 0.15) is 10.8 Å². The Labute approximate surface area is 155 Å². The van der Waals surface area contributed by atoms with Crippen LogP contribution in [0, 0.1) is 5.82 Å². The topological polar surface area (TPSA) is 42.0 Å². The maximum absolute atomic E-state index is 13.1. The summed E-state index contributed by atoms with van der Waals surface area (Å²) < 4.78 is 13.1.